The van der Waals surface area contributed by atoms with Gasteiger partial charge < -0.3 is 4.84 Å². The van der Waals surface area contributed by atoms with Gasteiger partial charge in [0, 0.05) is 47.9 Å². The van der Waals surface area contributed by atoms with Gasteiger partial charge in [0.05, 0.1) is 0 Å². The lowest BCUT2D eigenvalue weighted by Gasteiger charge is -2.33. The van der Waals surface area contributed by atoms with Crippen molar-refractivity contribution in [1.82, 2.24) is 19.9 Å². The maximum atomic E-state index is 11.9. The van der Waals surface area contributed by atoms with E-state index >= 15 is 0 Å². The van der Waals surface area contributed by atoms with Crippen molar-refractivity contribution in [2.75, 3.05) is 31.5 Å². The fourth-order valence-corrected chi connectivity index (χ4v) is 3.16. The van der Waals surface area contributed by atoms with Gasteiger partial charge in [-0.2, -0.15) is 0 Å². The molecule has 0 unspecified atom stereocenters. The zero-order valence-electron chi connectivity index (χ0n) is 13.4. The number of aromatic nitrogens is 2. The molecule has 1 aromatic carbocycles. The third kappa shape index (κ3) is 5.46. The van der Waals surface area contributed by atoms with Crippen molar-refractivity contribution in [3.8, 4) is 0 Å². The van der Waals surface area contributed by atoms with Crippen molar-refractivity contribution in [2.45, 2.75) is 6.54 Å². The number of hydrogen-bond acceptors (Lipinski definition) is 6. The topological polar surface area (TPSA) is 70.6 Å². The molecule has 1 aliphatic rings. The van der Waals surface area contributed by atoms with Crippen molar-refractivity contribution >= 4 is 43.8 Å². The Morgan fingerprint density at radius 3 is 2.64 bits per heavy atom. The first-order chi connectivity index (χ1) is 12.1. The van der Waals surface area contributed by atoms with Gasteiger partial charge in [-0.3, -0.25) is 10.2 Å². The molecule has 0 radical (unpaired) electrons. The molecule has 0 spiro atoms. The summed E-state index contributed by atoms with van der Waals surface area (Å²) in [6, 6.07) is 7.86. The number of nitrogens with one attached hydrogen (secondary N) is 1. The van der Waals surface area contributed by atoms with Gasteiger partial charge in [0.15, 0.2) is 0 Å². The Morgan fingerprint density at radius 1 is 1.16 bits per heavy atom. The van der Waals surface area contributed by atoms with Gasteiger partial charge in [-0.1, -0.05) is 6.07 Å². The summed E-state index contributed by atoms with van der Waals surface area (Å²) in [5.74, 6) is 0.416. The summed E-state index contributed by atoms with van der Waals surface area (Å²) in [4.78, 5) is 27.2. The number of carbonyl (C=O) groups is 1. The van der Waals surface area contributed by atoms with Gasteiger partial charge in [0.2, 0.25) is 0 Å². The first-order valence-electron chi connectivity index (χ1n) is 7.76. The van der Waals surface area contributed by atoms with Crippen LogP contribution in [0.4, 0.5) is 10.6 Å². The molecule has 1 aromatic heterocycles. The second-order valence-corrected chi connectivity index (χ2v) is 7.26. The van der Waals surface area contributed by atoms with Crippen LogP contribution < -0.4 is 5.32 Å². The number of nitrogens with zero attached hydrogens (tertiary/aromatic N) is 4. The third-order valence-electron chi connectivity index (χ3n) is 3.75. The number of rotatable bonds is 4. The minimum absolute atomic E-state index is 0.416. The van der Waals surface area contributed by atoms with E-state index in [-0.39, 0.29) is 0 Å². The number of hydrogen-bond donors (Lipinski definition) is 1. The highest BCUT2D eigenvalue weighted by Gasteiger charge is 2.20. The molecule has 1 N–H and O–H groups in total. The van der Waals surface area contributed by atoms with Gasteiger partial charge in [-0.05, 0) is 55.6 Å². The van der Waals surface area contributed by atoms with Gasteiger partial charge in [-0.25, -0.2) is 14.8 Å². The summed E-state index contributed by atoms with van der Waals surface area (Å²) < 4.78 is 2.09. The number of halogens is 2. The normalized spacial score (nSPS) is 15.8. The van der Waals surface area contributed by atoms with Crippen LogP contribution in [0.1, 0.15) is 5.56 Å². The zero-order chi connectivity index (χ0) is 17.6. The van der Waals surface area contributed by atoms with Gasteiger partial charge >= 0.3 is 6.09 Å². The van der Waals surface area contributed by atoms with Crippen molar-refractivity contribution in [3.05, 3.63) is 51.3 Å². The lowest BCUT2D eigenvalue weighted by Crippen LogP contribution is -2.46. The van der Waals surface area contributed by atoms with E-state index in [1.165, 1.54) is 11.9 Å². The Hall–Kier alpha value is -1.55. The molecule has 0 atom stereocenters. The molecule has 3 rings (SSSR count). The predicted octanol–water partition coefficient (Wildman–Crippen LogP) is 3.28. The molecule has 1 saturated heterocycles. The fourth-order valence-electron chi connectivity index (χ4n) is 2.48. The van der Waals surface area contributed by atoms with Crippen molar-refractivity contribution in [3.63, 3.8) is 0 Å². The van der Waals surface area contributed by atoms with Gasteiger partial charge in [0.1, 0.15) is 12.1 Å². The Balaban J connectivity index is 1.43. The Bertz CT molecular complexity index is 724. The molecular formula is C16H17Br2N5O2. The van der Waals surface area contributed by atoms with Gasteiger partial charge in [-0.15, -0.1) is 5.06 Å². The zero-order valence-corrected chi connectivity index (χ0v) is 16.5. The predicted molar refractivity (Wildman–Crippen MR) is 101 cm³/mol. The molecule has 2 aromatic rings. The van der Waals surface area contributed by atoms with Crippen LogP contribution in [0.25, 0.3) is 0 Å². The number of hydroxylamine groups is 2. The Labute approximate surface area is 162 Å². The highest BCUT2D eigenvalue weighted by molar-refractivity contribution is 9.13. The van der Waals surface area contributed by atoms with E-state index in [1.54, 1.807) is 17.3 Å². The molecule has 2 heterocycles. The number of carbonyl (C=O) groups excluding carboxylic acids is 1. The minimum atomic E-state index is -0.538. The van der Waals surface area contributed by atoms with E-state index in [0.717, 1.165) is 28.6 Å². The molecule has 25 heavy (non-hydrogen) atoms. The molecule has 9 heteroatoms. The van der Waals surface area contributed by atoms with Crippen LogP contribution in [-0.4, -0.2) is 52.2 Å². The average Bonchev–Trinajstić information content (AvgIpc) is 2.61. The monoisotopic (exact) mass is 469 g/mol. The second-order valence-electron chi connectivity index (χ2n) is 5.55. The number of benzene rings is 1. The number of amides is 1. The first-order valence-corrected chi connectivity index (χ1v) is 9.35. The summed E-state index contributed by atoms with van der Waals surface area (Å²) in [6.07, 6.45) is 2.39. The summed E-state index contributed by atoms with van der Waals surface area (Å²) in [5.41, 5.74) is 1.24. The number of anilines is 1. The summed E-state index contributed by atoms with van der Waals surface area (Å²) in [6.45, 7) is 3.85. The smallest absolute Gasteiger partial charge is 0.351 e. The molecule has 1 fully saturated rings. The summed E-state index contributed by atoms with van der Waals surface area (Å²) in [7, 11) is 0. The molecule has 1 amide bonds. The van der Waals surface area contributed by atoms with Crippen LogP contribution in [0, 0.1) is 0 Å². The largest absolute Gasteiger partial charge is 0.431 e. The van der Waals surface area contributed by atoms with E-state index in [0.29, 0.717) is 18.9 Å². The van der Waals surface area contributed by atoms with E-state index in [9.17, 15) is 4.79 Å². The highest BCUT2D eigenvalue weighted by atomic mass is 79.9. The lowest BCUT2D eigenvalue weighted by atomic mass is 10.2. The SMILES string of the molecule is O=C(Nc1ccncn1)ON1CCN(Cc2ccc(Br)c(Br)c2)CC1. The van der Waals surface area contributed by atoms with Crippen LogP contribution >= 0.6 is 31.9 Å². The molecular weight excluding hydrogens is 454 g/mol. The Kier molecular flexibility index (Phi) is 6.35. The lowest BCUT2D eigenvalue weighted by molar-refractivity contribution is -0.119. The van der Waals surface area contributed by atoms with E-state index in [1.807, 2.05) is 6.07 Å². The van der Waals surface area contributed by atoms with Crippen LogP contribution in [-0.2, 0) is 11.4 Å². The molecule has 1 aliphatic heterocycles. The maximum absolute atomic E-state index is 11.9. The van der Waals surface area contributed by atoms with Crippen molar-refractivity contribution < 1.29 is 9.63 Å². The van der Waals surface area contributed by atoms with Gasteiger partial charge in [0.25, 0.3) is 0 Å². The van der Waals surface area contributed by atoms with Crippen LogP contribution in [0.3, 0.4) is 0 Å². The average molecular weight is 471 g/mol. The second kappa shape index (κ2) is 8.70. The summed E-state index contributed by atoms with van der Waals surface area (Å²) >= 11 is 7.01. The standard InChI is InChI=1S/C16H17Br2N5O2/c17-13-2-1-12(9-14(13)18)10-22-5-7-23(8-6-22)25-16(24)21-15-3-4-19-11-20-15/h1-4,9,11H,5-8,10H2,(H,19,20,21,24). The maximum Gasteiger partial charge on any atom is 0.431 e. The summed E-state index contributed by atoms with van der Waals surface area (Å²) in [5, 5.41) is 4.25. The third-order valence-corrected chi connectivity index (χ3v) is 5.63. The number of piperazine rings is 1. The molecule has 7 nitrogen and oxygen atoms in total. The van der Waals surface area contributed by atoms with Crippen LogP contribution in [0.2, 0.25) is 0 Å². The highest BCUT2D eigenvalue weighted by Crippen LogP contribution is 2.24. The van der Waals surface area contributed by atoms with Crippen LogP contribution in [0.15, 0.2) is 45.7 Å². The van der Waals surface area contributed by atoms with E-state index in [4.69, 9.17) is 4.84 Å². The van der Waals surface area contributed by atoms with Crippen LogP contribution in [0.5, 0.6) is 0 Å². The van der Waals surface area contributed by atoms with Crippen molar-refractivity contribution in [2.24, 2.45) is 0 Å². The molecule has 0 saturated carbocycles. The van der Waals surface area contributed by atoms with Crippen molar-refractivity contribution in [1.29, 1.82) is 0 Å². The molecule has 0 aliphatic carbocycles. The Morgan fingerprint density at radius 2 is 1.96 bits per heavy atom. The molecule has 132 valence electrons. The minimum Gasteiger partial charge on any atom is -0.351 e. The quantitative estimate of drug-likeness (QED) is 0.739. The molecule has 0 bridgehead atoms. The van der Waals surface area contributed by atoms with E-state index < -0.39 is 6.09 Å². The van der Waals surface area contributed by atoms with E-state index in [2.05, 4.69) is 64.2 Å². The fraction of sp³-hybridized carbons (Fsp3) is 0.312. The first kappa shape index (κ1) is 18.2.